The molecule has 5 fully saturated rings. The molecule has 1 unspecified atom stereocenters. The molecule has 0 amide bonds. The van der Waals surface area contributed by atoms with E-state index in [0.29, 0.717) is 5.92 Å². The zero-order chi connectivity index (χ0) is 12.3. The molecule has 5 aliphatic carbocycles. The van der Waals surface area contributed by atoms with Crippen LogP contribution >= 0.6 is 0 Å². The quantitative estimate of drug-likeness (QED) is 0.826. The van der Waals surface area contributed by atoms with Gasteiger partial charge in [-0.25, -0.2) is 0 Å². The van der Waals surface area contributed by atoms with Crippen molar-refractivity contribution in [1.82, 2.24) is 0 Å². The second kappa shape index (κ2) is 3.74. The van der Waals surface area contributed by atoms with E-state index in [1.807, 2.05) is 0 Å². The Bertz CT molecular complexity index is 334. The van der Waals surface area contributed by atoms with Crippen LogP contribution in [-0.2, 0) is 4.79 Å². The molecule has 1 atom stereocenters. The molecule has 18 heavy (non-hydrogen) atoms. The number of hydrogen-bond donors (Lipinski definition) is 1. The zero-order valence-electron chi connectivity index (χ0n) is 11.1. The van der Waals surface area contributed by atoms with E-state index in [2.05, 4.69) is 0 Å². The van der Waals surface area contributed by atoms with Crippen molar-refractivity contribution in [2.24, 2.45) is 35.0 Å². The minimum absolute atomic E-state index is 0.000324. The molecule has 5 saturated carbocycles. The number of carboxylic acids is 1. The van der Waals surface area contributed by atoms with E-state index in [4.69, 9.17) is 0 Å². The molecule has 1 N–H and O–H groups in total. The zero-order valence-corrected chi connectivity index (χ0v) is 11.1. The summed E-state index contributed by atoms with van der Waals surface area (Å²) in [5.74, 6) is 2.66. The highest BCUT2D eigenvalue weighted by atomic mass is 16.4. The van der Waals surface area contributed by atoms with Gasteiger partial charge in [0, 0.05) is 0 Å². The van der Waals surface area contributed by atoms with Gasteiger partial charge in [0.25, 0.3) is 0 Å². The minimum atomic E-state index is -0.471. The lowest BCUT2D eigenvalue weighted by Gasteiger charge is -2.60. The van der Waals surface area contributed by atoms with Crippen molar-refractivity contribution in [3.05, 3.63) is 0 Å². The Morgan fingerprint density at radius 1 is 1.00 bits per heavy atom. The van der Waals surface area contributed by atoms with E-state index < -0.39 is 5.97 Å². The fraction of sp³-hybridized carbons (Fsp3) is 0.938. The molecule has 0 aromatic carbocycles. The number of carboxylic acid groups (broad SMARTS) is 1. The van der Waals surface area contributed by atoms with Gasteiger partial charge in [-0.3, -0.25) is 4.79 Å². The number of carbonyl (C=O) groups is 1. The van der Waals surface area contributed by atoms with Crippen LogP contribution in [0.15, 0.2) is 0 Å². The summed E-state index contributed by atoms with van der Waals surface area (Å²) in [7, 11) is 0. The first-order valence-electron chi connectivity index (χ1n) is 7.89. The smallest absolute Gasteiger partial charge is 0.307 e. The van der Waals surface area contributed by atoms with Crippen LogP contribution in [0.5, 0.6) is 0 Å². The standard InChI is InChI=1S/C16H24O2/c17-15(18)14(13-2-1-3-13)16-7-10-4-11(8-16)6-12(5-10)9-16/h10-14H,1-9H2,(H,17,18). The van der Waals surface area contributed by atoms with E-state index in [0.717, 1.165) is 17.8 Å². The largest absolute Gasteiger partial charge is 0.481 e. The molecule has 0 aromatic rings. The maximum atomic E-state index is 11.8. The van der Waals surface area contributed by atoms with Crippen LogP contribution in [0, 0.1) is 35.0 Å². The average molecular weight is 248 g/mol. The molecule has 0 saturated heterocycles. The molecule has 0 radical (unpaired) electrons. The normalized spacial score (nSPS) is 47.9. The van der Waals surface area contributed by atoms with Crippen molar-refractivity contribution >= 4 is 5.97 Å². The summed E-state index contributed by atoms with van der Waals surface area (Å²) >= 11 is 0. The predicted octanol–water partition coefficient (Wildman–Crippen LogP) is 3.70. The molecule has 5 rings (SSSR count). The first kappa shape index (κ1) is 11.3. The highest BCUT2D eigenvalue weighted by molar-refractivity contribution is 5.72. The first-order valence-corrected chi connectivity index (χ1v) is 7.89. The van der Waals surface area contributed by atoms with E-state index >= 15 is 0 Å². The first-order chi connectivity index (χ1) is 8.66. The predicted molar refractivity (Wildman–Crippen MR) is 69.1 cm³/mol. The van der Waals surface area contributed by atoms with E-state index in [1.54, 1.807) is 0 Å². The molecular weight excluding hydrogens is 224 g/mol. The second-order valence-electron chi connectivity index (χ2n) is 7.79. The molecule has 2 nitrogen and oxygen atoms in total. The van der Waals surface area contributed by atoms with Gasteiger partial charge in [-0.1, -0.05) is 6.42 Å². The molecule has 0 spiro atoms. The summed E-state index contributed by atoms with van der Waals surface area (Å²) in [5.41, 5.74) is 0.214. The third-order valence-electron chi connectivity index (χ3n) is 6.63. The van der Waals surface area contributed by atoms with E-state index in [1.165, 1.54) is 57.8 Å². The van der Waals surface area contributed by atoms with E-state index in [9.17, 15) is 9.90 Å². The highest BCUT2D eigenvalue weighted by Crippen LogP contribution is 2.64. The maximum absolute atomic E-state index is 11.8. The second-order valence-corrected chi connectivity index (χ2v) is 7.79. The average Bonchev–Trinajstić information content (AvgIpc) is 2.20. The maximum Gasteiger partial charge on any atom is 0.307 e. The van der Waals surface area contributed by atoms with Gasteiger partial charge in [0.05, 0.1) is 5.92 Å². The topological polar surface area (TPSA) is 37.3 Å². The van der Waals surface area contributed by atoms with Crippen LogP contribution in [0.2, 0.25) is 0 Å². The Hall–Kier alpha value is -0.530. The Kier molecular flexibility index (Phi) is 2.35. The van der Waals surface area contributed by atoms with Gasteiger partial charge in [-0.05, 0) is 80.5 Å². The van der Waals surface area contributed by atoms with Crippen molar-refractivity contribution in [1.29, 1.82) is 0 Å². The SMILES string of the molecule is O=C(O)C(C1CCC1)C12CC3CC(CC(C3)C1)C2. The molecular formula is C16H24O2. The molecule has 0 aliphatic heterocycles. The lowest BCUT2D eigenvalue weighted by Crippen LogP contribution is -2.54. The van der Waals surface area contributed by atoms with E-state index in [-0.39, 0.29) is 11.3 Å². The number of rotatable bonds is 3. The van der Waals surface area contributed by atoms with Gasteiger partial charge in [0.15, 0.2) is 0 Å². The Labute approximate surface area is 109 Å². The monoisotopic (exact) mass is 248 g/mol. The van der Waals surface area contributed by atoms with Crippen LogP contribution in [-0.4, -0.2) is 11.1 Å². The third-order valence-corrected chi connectivity index (χ3v) is 6.63. The van der Waals surface area contributed by atoms with Crippen molar-refractivity contribution < 1.29 is 9.90 Å². The van der Waals surface area contributed by atoms with Crippen LogP contribution in [0.1, 0.15) is 57.8 Å². The Morgan fingerprint density at radius 3 is 1.83 bits per heavy atom. The van der Waals surface area contributed by atoms with Gasteiger partial charge in [0.1, 0.15) is 0 Å². The Morgan fingerprint density at radius 2 is 1.50 bits per heavy atom. The Balaban J connectivity index is 1.66. The summed E-state index contributed by atoms with van der Waals surface area (Å²) in [6.07, 6.45) is 11.6. The van der Waals surface area contributed by atoms with Gasteiger partial charge in [0.2, 0.25) is 0 Å². The fourth-order valence-electron chi connectivity index (χ4n) is 6.30. The third kappa shape index (κ3) is 1.50. The lowest BCUT2D eigenvalue weighted by molar-refractivity contribution is -0.166. The van der Waals surface area contributed by atoms with Crippen LogP contribution in [0.4, 0.5) is 0 Å². The fourth-order valence-corrected chi connectivity index (χ4v) is 6.30. The van der Waals surface area contributed by atoms with Crippen molar-refractivity contribution in [2.45, 2.75) is 57.8 Å². The highest BCUT2D eigenvalue weighted by Gasteiger charge is 2.58. The number of hydrogen-bond acceptors (Lipinski definition) is 1. The van der Waals surface area contributed by atoms with Crippen molar-refractivity contribution in [3.8, 4) is 0 Å². The molecule has 4 bridgehead atoms. The minimum Gasteiger partial charge on any atom is -0.481 e. The lowest BCUT2D eigenvalue weighted by atomic mass is 9.44. The molecule has 100 valence electrons. The van der Waals surface area contributed by atoms with Gasteiger partial charge >= 0.3 is 5.97 Å². The molecule has 0 aromatic heterocycles. The van der Waals surface area contributed by atoms with Gasteiger partial charge in [-0.2, -0.15) is 0 Å². The van der Waals surface area contributed by atoms with Gasteiger partial charge < -0.3 is 5.11 Å². The molecule has 5 aliphatic rings. The van der Waals surface area contributed by atoms with Gasteiger partial charge in [-0.15, -0.1) is 0 Å². The van der Waals surface area contributed by atoms with Crippen molar-refractivity contribution in [3.63, 3.8) is 0 Å². The van der Waals surface area contributed by atoms with Crippen molar-refractivity contribution in [2.75, 3.05) is 0 Å². The molecule has 0 heterocycles. The summed E-state index contributed by atoms with van der Waals surface area (Å²) in [6, 6.07) is 0. The van der Waals surface area contributed by atoms with Crippen LogP contribution in [0.3, 0.4) is 0 Å². The van der Waals surface area contributed by atoms with Crippen LogP contribution in [0.25, 0.3) is 0 Å². The summed E-state index contributed by atoms with van der Waals surface area (Å²) in [5, 5.41) is 9.77. The molecule has 2 heteroatoms. The summed E-state index contributed by atoms with van der Waals surface area (Å²) in [4.78, 5) is 11.8. The van der Waals surface area contributed by atoms with Crippen LogP contribution < -0.4 is 0 Å². The summed E-state index contributed by atoms with van der Waals surface area (Å²) < 4.78 is 0. The summed E-state index contributed by atoms with van der Waals surface area (Å²) in [6.45, 7) is 0. The number of aliphatic carboxylic acids is 1.